The lowest BCUT2D eigenvalue weighted by Crippen LogP contribution is -2.24. The number of carbonyl (C=O) groups is 1. The molecule has 0 saturated carbocycles. The first-order valence-electron chi connectivity index (χ1n) is 4.82. The van der Waals surface area contributed by atoms with Crippen LogP contribution in [0.1, 0.15) is 40.5 Å². The van der Waals surface area contributed by atoms with Gasteiger partial charge < -0.3 is 4.74 Å². The Balaban J connectivity index is 2.54. The number of allylic oxidation sites excluding steroid dienone is 1. The van der Waals surface area contributed by atoms with Crippen LogP contribution in [0.5, 0.6) is 0 Å². The monoisotopic (exact) mass is 182 g/mol. The number of rotatable bonds is 1. The van der Waals surface area contributed by atoms with E-state index in [1.807, 2.05) is 26.8 Å². The Labute approximate surface area is 80.0 Å². The van der Waals surface area contributed by atoms with Gasteiger partial charge in [-0.25, -0.2) is 4.79 Å². The predicted molar refractivity (Wildman–Crippen MR) is 52.3 cm³/mol. The van der Waals surface area contributed by atoms with Crippen molar-refractivity contribution in [3.8, 4) is 0 Å². The van der Waals surface area contributed by atoms with Crippen molar-refractivity contribution in [3.05, 3.63) is 11.6 Å². The van der Waals surface area contributed by atoms with Crippen LogP contribution in [0.25, 0.3) is 0 Å². The molecule has 0 aromatic heterocycles. The molecule has 2 nitrogen and oxygen atoms in total. The van der Waals surface area contributed by atoms with Crippen molar-refractivity contribution in [3.63, 3.8) is 0 Å². The first-order chi connectivity index (χ1) is 5.88. The van der Waals surface area contributed by atoms with E-state index in [9.17, 15) is 4.79 Å². The number of ether oxygens (including phenoxy) is 1. The minimum atomic E-state index is -0.371. The predicted octanol–water partition coefficient (Wildman–Crippen LogP) is 2.68. The number of hydrogen-bond donors (Lipinski definition) is 0. The molecule has 0 spiro atoms. The first-order valence-corrected chi connectivity index (χ1v) is 4.82. The number of hydrogen-bond acceptors (Lipinski definition) is 2. The molecule has 0 fully saturated rings. The molecule has 0 N–H and O–H groups in total. The summed E-state index contributed by atoms with van der Waals surface area (Å²) in [6.07, 6.45) is 3.97. The molecule has 13 heavy (non-hydrogen) atoms. The molecule has 1 aliphatic rings. The van der Waals surface area contributed by atoms with Crippen LogP contribution in [0, 0.1) is 5.92 Å². The zero-order chi connectivity index (χ0) is 10.1. The van der Waals surface area contributed by atoms with Gasteiger partial charge in [-0.05, 0) is 39.5 Å². The SMILES string of the molecule is CC1C=C(C(=O)OC(C)(C)C)CC1. The first kappa shape index (κ1) is 10.3. The van der Waals surface area contributed by atoms with Gasteiger partial charge in [0, 0.05) is 5.57 Å². The van der Waals surface area contributed by atoms with Crippen LogP contribution < -0.4 is 0 Å². The van der Waals surface area contributed by atoms with E-state index in [2.05, 4.69) is 6.92 Å². The van der Waals surface area contributed by atoms with Crippen molar-refractivity contribution in [2.24, 2.45) is 5.92 Å². The minimum absolute atomic E-state index is 0.142. The molecule has 0 aromatic rings. The summed E-state index contributed by atoms with van der Waals surface area (Å²) in [4.78, 5) is 11.5. The zero-order valence-electron chi connectivity index (χ0n) is 8.89. The van der Waals surface area contributed by atoms with Crippen LogP contribution in [-0.4, -0.2) is 11.6 Å². The third-order valence-electron chi connectivity index (χ3n) is 2.02. The molecule has 0 saturated heterocycles. The largest absolute Gasteiger partial charge is 0.457 e. The Hall–Kier alpha value is -0.790. The van der Waals surface area contributed by atoms with Gasteiger partial charge in [-0.1, -0.05) is 13.0 Å². The molecule has 2 heteroatoms. The molecule has 0 radical (unpaired) electrons. The molecule has 1 rings (SSSR count). The molecule has 0 amide bonds. The topological polar surface area (TPSA) is 26.3 Å². The fourth-order valence-corrected chi connectivity index (χ4v) is 1.41. The van der Waals surface area contributed by atoms with Gasteiger partial charge in [0.1, 0.15) is 5.60 Å². The summed E-state index contributed by atoms with van der Waals surface area (Å²) in [5, 5.41) is 0. The van der Waals surface area contributed by atoms with Crippen LogP contribution in [0.3, 0.4) is 0 Å². The van der Waals surface area contributed by atoms with Crippen LogP contribution in [0.2, 0.25) is 0 Å². The fourth-order valence-electron chi connectivity index (χ4n) is 1.41. The number of esters is 1. The highest BCUT2D eigenvalue weighted by Crippen LogP contribution is 2.25. The third kappa shape index (κ3) is 3.21. The molecule has 74 valence electrons. The second-order valence-corrected chi connectivity index (χ2v) is 4.71. The van der Waals surface area contributed by atoms with E-state index in [-0.39, 0.29) is 11.6 Å². The van der Waals surface area contributed by atoms with E-state index in [4.69, 9.17) is 4.74 Å². The average Bonchev–Trinajstić information content (AvgIpc) is 2.31. The third-order valence-corrected chi connectivity index (χ3v) is 2.02. The minimum Gasteiger partial charge on any atom is -0.457 e. The van der Waals surface area contributed by atoms with Gasteiger partial charge in [-0.2, -0.15) is 0 Å². The van der Waals surface area contributed by atoms with E-state index in [0.29, 0.717) is 5.92 Å². The van der Waals surface area contributed by atoms with Gasteiger partial charge in [0.25, 0.3) is 0 Å². The maximum atomic E-state index is 11.5. The molecule has 0 heterocycles. The molecule has 0 aliphatic heterocycles. The Morgan fingerprint density at radius 3 is 2.54 bits per heavy atom. The van der Waals surface area contributed by atoms with Crippen LogP contribution >= 0.6 is 0 Å². The van der Waals surface area contributed by atoms with Crippen molar-refractivity contribution < 1.29 is 9.53 Å². The lowest BCUT2D eigenvalue weighted by molar-refractivity contribution is -0.149. The summed E-state index contributed by atoms with van der Waals surface area (Å²) in [7, 11) is 0. The summed E-state index contributed by atoms with van der Waals surface area (Å²) in [5.41, 5.74) is 0.478. The van der Waals surface area contributed by atoms with E-state index in [0.717, 1.165) is 18.4 Å². The quantitative estimate of drug-likeness (QED) is 0.583. The standard InChI is InChI=1S/C11H18O2/c1-8-5-6-9(7-8)10(12)13-11(2,3)4/h7-8H,5-6H2,1-4H3. The van der Waals surface area contributed by atoms with Gasteiger partial charge in [0.15, 0.2) is 0 Å². The maximum Gasteiger partial charge on any atom is 0.334 e. The highest BCUT2D eigenvalue weighted by molar-refractivity contribution is 5.89. The Bertz CT molecular complexity index is 233. The molecule has 0 aromatic carbocycles. The second-order valence-electron chi connectivity index (χ2n) is 4.71. The highest BCUT2D eigenvalue weighted by Gasteiger charge is 2.23. The molecule has 1 atom stereocenters. The smallest absolute Gasteiger partial charge is 0.334 e. The summed E-state index contributed by atoms with van der Waals surface area (Å²) >= 11 is 0. The second kappa shape index (κ2) is 3.52. The average molecular weight is 182 g/mol. The Morgan fingerprint density at radius 2 is 2.15 bits per heavy atom. The highest BCUT2D eigenvalue weighted by atomic mass is 16.6. The Kier molecular flexibility index (Phi) is 2.79. The lowest BCUT2D eigenvalue weighted by Gasteiger charge is -2.19. The van der Waals surface area contributed by atoms with Crippen molar-refractivity contribution >= 4 is 5.97 Å². The molecule has 1 aliphatic carbocycles. The zero-order valence-corrected chi connectivity index (χ0v) is 8.89. The molecular formula is C11H18O2. The van der Waals surface area contributed by atoms with Crippen molar-refractivity contribution in [1.82, 2.24) is 0 Å². The van der Waals surface area contributed by atoms with Crippen molar-refractivity contribution in [2.45, 2.75) is 46.1 Å². The number of carbonyl (C=O) groups excluding carboxylic acids is 1. The molecular weight excluding hydrogens is 164 g/mol. The van der Waals surface area contributed by atoms with E-state index in [1.165, 1.54) is 0 Å². The van der Waals surface area contributed by atoms with Gasteiger partial charge >= 0.3 is 5.97 Å². The summed E-state index contributed by atoms with van der Waals surface area (Å²) in [6.45, 7) is 7.80. The summed E-state index contributed by atoms with van der Waals surface area (Å²) < 4.78 is 5.26. The molecule has 1 unspecified atom stereocenters. The van der Waals surface area contributed by atoms with Crippen LogP contribution in [0.4, 0.5) is 0 Å². The maximum absolute atomic E-state index is 11.5. The van der Waals surface area contributed by atoms with E-state index < -0.39 is 0 Å². The van der Waals surface area contributed by atoms with E-state index >= 15 is 0 Å². The van der Waals surface area contributed by atoms with Crippen molar-refractivity contribution in [1.29, 1.82) is 0 Å². The normalized spacial score (nSPS) is 22.8. The van der Waals surface area contributed by atoms with E-state index in [1.54, 1.807) is 0 Å². The summed E-state index contributed by atoms with van der Waals surface area (Å²) in [5.74, 6) is 0.388. The van der Waals surface area contributed by atoms with Crippen LogP contribution in [-0.2, 0) is 9.53 Å². The van der Waals surface area contributed by atoms with Gasteiger partial charge in [-0.3, -0.25) is 0 Å². The van der Waals surface area contributed by atoms with Crippen molar-refractivity contribution in [2.75, 3.05) is 0 Å². The fraction of sp³-hybridized carbons (Fsp3) is 0.727. The molecule has 0 bridgehead atoms. The lowest BCUT2D eigenvalue weighted by atomic mass is 10.2. The van der Waals surface area contributed by atoms with Crippen LogP contribution in [0.15, 0.2) is 11.6 Å². The van der Waals surface area contributed by atoms with Gasteiger partial charge in [0.05, 0.1) is 0 Å². The van der Waals surface area contributed by atoms with Gasteiger partial charge in [-0.15, -0.1) is 0 Å². The summed E-state index contributed by atoms with van der Waals surface area (Å²) in [6, 6.07) is 0. The Morgan fingerprint density at radius 1 is 1.54 bits per heavy atom. The van der Waals surface area contributed by atoms with Gasteiger partial charge in [0.2, 0.25) is 0 Å².